The van der Waals surface area contributed by atoms with Crippen molar-refractivity contribution in [1.82, 2.24) is 10.3 Å². The first-order chi connectivity index (χ1) is 8.15. The predicted molar refractivity (Wildman–Crippen MR) is 77.0 cm³/mol. The van der Waals surface area contributed by atoms with Crippen LogP contribution in [0.3, 0.4) is 0 Å². The quantitative estimate of drug-likeness (QED) is 0.892. The smallest absolute Gasteiger partial charge is 0.0914 e. The number of thiophene rings is 1. The third-order valence-electron chi connectivity index (χ3n) is 2.46. The highest BCUT2D eigenvalue weighted by Gasteiger charge is 2.06. The van der Waals surface area contributed by atoms with Gasteiger partial charge in [-0.2, -0.15) is 0 Å². The number of thiazole rings is 1. The molecule has 0 unspecified atom stereocenters. The van der Waals surface area contributed by atoms with Crippen LogP contribution in [0, 0.1) is 6.92 Å². The van der Waals surface area contributed by atoms with Gasteiger partial charge in [-0.3, -0.25) is 0 Å². The summed E-state index contributed by atoms with van der Waals surface area (Å²) in [5, 5.41) is 6.71. The monoisotopic (exact) mass is 266 g/mol. The Kier molecular flexibility index (Phi) is 4.31. The van der Waals surface area contributed by atoms with Gasteiger partial charge in [-0.05, 0) is 25.5 Å². The highest BCUT2D eigenvalue weighted by atomic mass is 32.1. The minimum absolute atomic E-state index is 0.565. The Morgan fingerprint density at radius 1 is 1.35 bits per heavy atom. The molecular weight excluding hydrogens is 248 g/mol. The van der Waals surface area contributed by atoms with Crippen LogP contribution in [0.25, 0.3) is 10.6 Å². The molecule has 0 bridgehead atoms. The first-order valence-corrected chi connectivity index (χ1v) is 7.59. The number of aromatic nitrogens is 1. The Morgan fingerprint density at radius 2 is 2.18 bits per heavy atom. The van der Waals surface area contributed by atoms with Crippen LogP contribution >= 0.6 is 22.7 Å². The van der Waals surface area contributed by atoms with E-state index in [0.29, 0.717) is 6.04 Å². The maximum atomic E-state index is 4.52. The van der Waals surface area contributed by atoms with Crippen molar-refractivity contribution in [3.8, 4) is 10.6 Å². The SMILES string of the molecule is Cc1nc(-c2ccc(CCNC(C)C)s2)cs1. The molecule has 2 rings (SSSR count). The lowest BCUT2D eigenvalue weighted by Crippen LogP contribution is -2.24. The van der Waals surface area contributed by atoms with Gasteiger partial charge in [0, 0.05) is 22.8 Å². The molecule has 0 fully saturated rings. The molecule has 0 amide bonds. The zero-order chi connectivity index (χ0) is 12.3. The number of hydrogen-bond acceptors (Lipinski definition) is 4. The summed E-state index contributed by atoms with van der Waals surface area (Å²) in [4.78, 5) is 7.23. The fourth-order valence-corrected chi connectivity index (χ4v) is 3.27. The van der Waals surface area contributed by atoms with E-state index in [0.717, 1.165) is 23.7 Å². The summed E-state index contributed by atoms with van der Waals surface area (Å²) in [7, 11) is 0. The van der Waals surface area contributed by atoms with Crippen LogP contribution in [0.15, 0.2) is 17.5 Å². The summed E-state index contributed by atoms with van der Waals surface area (Å²) >= 11 is 3.57. The maximum absolute atomic E-state index is 4.52. The van der Waals surface area contributed by atoms with Gasteiger partial charge in [0.15, 0.2) is 0 Å². The van der Waals surface area contributed by atoms with Crippen LogP contribution in [0.2, 0.25) is 0 Å². The van der Waals surface area contributed by atoms with E-state index < -0.39 is 0 Å². The van der Waals surface area contributed by atoms with Crippen LogP contribution in [-0.4, -0.2) is 17.6 Å². The molecule has 0 spiro atoms. The predicted octanol–water partition coefficient (Wildman–Crippen LogP) is 3.72. The summed E-state index contributed by atoms with van der Waals surface area (Å²) in [5.74, 6) is 0. The molecule has 0 aliphatic carbocycles. The topological polar surface area (TPSA) is 24.9 Å². The van der Waals surface area contributed by atoms with E-state index >= 15 is 0 Å². The lowest BCUT2D eigenvalue weighted by molar-refractivity contribution is 0.592. The number of aryl methyl sites for hydroxylation is 1. The van der Waals surface area contributed by atoms with Crippen molar-refractivity contribution in [3.05, 3.63) is 27.4 Å². The van der Waals surface area contributed by atoms with Gasteiger partial charge in [-0.1, -0.05) is 13.8 Å². The Morgan fingerprint density at radius 3 is 2.82 bits per heavy atom. The second-order valence-electron chi connectivity index (χ2n) is 4.38. The fourth-order valence-electron chi connectivity index (χ4n) is 1.61. The van der Waals surface area contributed by atoms with Gasteiger partial charge in [0.05, 0.1) is 15.6 Å². The lowest BCUT2D eigenvalue weighted by atomic mass is 10.3. The normalized spacial score (nSPS) is 11.3. The molecule has 0 saturated heterocycles. The third-order valence-corrected chi connectivity index (χ3v) is 4.40. The molecule has 17 heavy (non-hydrogen) atoms. The largest absolute Gasteiger partial charge is 0.314 e. The van der Waals surface area contributed by atoms with E-state index in [1.165, 1.54) is 9.75 Å². The van der Waals surface area contributed by atoms with Gasteiger partial charge in [-0.15, -0.1) is 22.7 Å². The molecule has 2 nitrogen and oxygen atoms in total. The van der Waals surface area contributed by atoms with E-state index in [-0.39, 0.29) is 0 Å². The molecule has 0 aromatic carbocycles. The van der Waals surface area contributed by atoms with E-state index in [1.54, 1.807) is 11.3 Å². The molecule has 92 valence electrons. The van der Waals surface area contributed by atoms with Crippen molar-refractivity contribution in [3.63, 3.8) is 0 Å². The maximum Gasteiger partial charge on any atom is 0.0914 e. The van der Waals surface area contributed by atoms with E-state index in [9.17, 15) is 0 Å². The van der Waals surface area contributed by atoms with Gasteiger partial charge >= 0.3 is 0 Å². The standard InChI is InChI=1S/C13H18N2S2/c1-9(2)14-7-6-11-4-5-13(17-11)12-8-16-10(3)15-12/h4-5,8-9,14H,6-7H2,1-3H3. The summed E-state index contributed by atoms with van der Waals surface area (Å²) in [5.41, 5.74) is 1.13. The van der Waals surface area contributed by atoms with E-state index in [4.69, 9.17) is 0 Å². The van der Waals surface area contributed by atoms with Gasteiger partial charge in [0.25, 0.3) is 0 Å². The van der Waals surface area contributed by atoms with Crippen LogP contribution in [0.5, 0.6) is 0 Å². The number of hydrogen-bond donors (Lipinski definition) is 1. The van der Waals surface area contributed by atoms with Crippen molar-refractivity contribution < 1.29 is 0 Å². The molecule has 2 aromatic rings. The zero-order valence-corrected chi connectivity index (χ0v) is 12.1. The fraction of sp³-hybridized carbons (Fsp3) is 0.462. The minimum atomic E-state index is 0.565. The molecule has 2 aromatic heterocycles. The Hall–Kier alpha value is -0.710. The minimum Gasteiger partial charge on any atom is -0.314 e. The first kappa shape index (κ1) is 12.7. The zero-order valence-electron chi connectivity index (χ0n) is 10.5. The first-order valence-electron chi connectivity index (χ1n) is 5.90. The second kappa shape index (κ2) is 5.76. The third kappa shape index (κ3) is 3.63. The van der Waals surface area contributed by atoms with Crippen molar-refractivity contribution in [2.45, 2.75) is 33.2 Å². The van der Waals surface area contributed by atoms with Crippen LogP contribution < -0.4 is 5.32 Å². The Labute approximate surface area is 111 Å². The van der Waals surface area contributed by atoms with Gasteiger partial charge in [-0.25, -0.2) is 4.98 Å². The van der Waals surface area contributed by atoms with Crippen molar-refractivity contribution in [2.75, 3.05) is 6.54 Å². The summed E-state index contributed by atoms with van der Waals surface area (Å²) in [6.07, 6.45) is 1.10. The molecule has 4 heteroatoms. The molecular formula is C13H18N2S2. The summed E-state index contributed by atoms with van der Waals surface area (Å²) < 4.78 is 0. The number of nitrogens with one attached hydrogen (secondary N) is 1. The molecule has 0 atom stereocenters. The average Bonchev–Trinajstić information content (AvgIpc) is 2.86. The van der Waals surface area contributed by atoms with E-state index in [1.807, 2.05) is 11.3 Å². The van der Waals surface area contributed by atoms with Gasteiger partial charge in [0.2, 0.25) is 0 Å². The molecule has 1 N–H and O–H groups in total. The van der Waals surface area contributed by atoms with E-state index in [2.05, 4.69) is 48.6 Å². The number of rotatable bonds is 5. The Bertz CT molecular complexity index is 471. The highest BCUT2D eigenvalue weighted by molar-refractivity contribution is 7.16. The molecule has 0 aliphatic rings. The molecule has 0 radical (unpaired) electrons. The summed E-state index contributed by atoms with van der Waals surface area (Å²) in [6.45, 7) is 7.46. The molecule has 0 aliphatic heterocycles. The van der Waals surface area contributed by atoms with Crippen molar-refractivity contribution in [2.24, 2.45) is 0 Å². The summed E-state index contributed by atoms with van der Waals surface area (Å²) in [6, 6.07) is 4.97. The molecule has 2 heterocycles. The van der Waals surface area contributed by atoms with Crippen LogP contribution in [0.1, 0.15) is 23.7 Å². The van der Waals surface area contributed by atoms with Crippen molar-refractivity contribution in [1.29, 1.82) is 0 Å². The van der Waals surface area contributed by atoms with Crippen molar-refractivity contribution >= 4 is 22.7 Å². The van der Waals surface area contributed by atoms with Gasteiger partial charge < -0.3 is 5.32 Å². The molecule has 0 saturated carbocycles. The van der Waals surface area contributed by atoms with Crippen LogP contribution in [-0.2, 0) is 6.42 Å². The van der Waals surface area contributed by atoms with Crippen LogP contribution in [0.4, 0.5) is 0 Å². The lowest BCUT2D eigenvalue weighted by Gasteiger charge is -2.05. The highest BCUT2D eigenvalue weighted by Crippen LogP contribution is 2.29. The second-order valence-corrected chi connectivity index (χ2v) is 6.61. The van der Waals surface area contributed by atoms with Gasteiger partial charge in [0.1, 0.15) is 0 Å². The average molecular weight is 266 g/mol. The number of nitrogens with zero attached hydrogens (tertiary/aromatic N) is 1. The Balaban J connectivity index is 1.96.